The first-order valence-corrected chi connectivity index (χ1v) is 9.53. The van der Waals surface area contributed by atoms with E-state index >= 15 is 0 Å². The molecule has 1 aliphatic carbocycles. The van der Waals surface area contributed by atoms with E-state index in [9.17, 15) is 19.5 Å². The van der Waals surface area contributed by atoms with Crippen LogP contribution in [0.4, 0.5) is 4.79 Å². The van der Waals surface area contributed by atoms with Gasteiger partial charge in [0.1, 0.15) is 6.04 Å². The first kappa shape index (κ1) is 19.4. The van der Waals surface area contributed by atoms with Gasteiger partial charge < -0.3 is 15.1 Å². The van der Waals surface area contributed by atoms with E-state index in [-0.39, 0.29) is 12.3 Å². The first-order valence-electron chi connectivity index (χ1n) is 9.53. The zero-order chi connectivity index (χ0) is 19.4. The lowest BCUT2D eigenvalue weighted by Crippen LogP contribution is -2.40. The van der Waals surface area contributed by atoms with E-state index in [4.69, 9.17) is 5.11 Å². The topological polar surface area (TPSA) is 107 Å². The number of nitrogens with zero attached hydrogens (tertiary/aromatic N) is 1. The van der Waals surface area contributed by atoms with Crippen molar-refractivity contribution in [3.05, 3.63) is 35.4 Å². The molecule has 1 aromatic carbocycles. The maximum atomic E-state index is 12.2. The molecule has 1 heterocycles. The smallest absolute Gasteiger partial charge is 0.324 e. The second-order valence-corrected chi connectivity index (χ2v) is 7.47. The standard InChI is InChI=1S/C20H26N2O5/c23-17(15-5-2-6-15)9-10-22-16(19(26)21-20(22)27)12-14-4-1-3-13(11-14)7-8-18(24)25/h1,3-4,11,15-17,23H,2,5-10,12H2,(H,24,25)(H,21,26,27). The Morgan fingerprint density at radius 1 is 1.26 bits per heavy atom. The van der Waals surface area contributed by atoms with Gasteiger partial charge in [-0.15, -0.1) is 0 Å². The van der Waals surface area contributed by atoms with Gasteiger partial charge in [-0.1, -0.05) is 30.7 Å². The first-order chi connectivity index (χ1) is 12.9. The molecular weight excluding hydrogens is 348 g/mol. The van der Waals surface area contributed by atoms with E-state index in [1.54, 1.807) is 0 Å². The van der Waals surface area contributed by atoms with Gasteiger partial charge in [-0.25, -0.2) is 4.79 Å². The average Bonchev–Trinajstić information content (AvgIpc) is 2.83. The molecule has 3 amide bonds. The van der Waals surface area contributed by atoms with Crippen molar-refractivity contribution in [1.82, 2.24) is 10.2 Å². The number of nitrogens with one attached hydrogen (secondary N) is 1. The lowest BCUT2D eigenvalue weighted by Gasteiger charge is -2.31. The highest BCUT2D eigenvalue weighted by molar-refractivity contribution is 6.04. The number of benzene rings is 1. The molecule has 0 spiro atoms. The van der Waals surface area contributed by atoms with Crippen molar-refractivity contribution in [2.24, 2.45) is 5.92 Å². The van der Waals surface area contributed by atoms with Crippen LogP contribution in [0.15, 0.2) is 24.3 Å². The van der Waals surface area contributed by atoms with Gasteiger partial charge in [-0.2, -0.15) is 0 Å². The minimum Gasteiger partial charge on any atom is -0.481 e. The number of imide groups is 1. The number of rotatable bonds is 9. The molecule has 7 nitrogen and oxygen atoms in total. The Morgan fingerprint density at radius 3 is 2.67 bits per heavy atom. The SMILES string of the molecule is O=C(O)CCc1cccc(CC2C(=O)NC(=O)N2CCC(O)C2CCC2)c1. The van der Waals surface area contributed by atoms with Crippen LogP contribution in [0.3, 0.4) is 0 Å². The molecule has 1 aliphatic heterocycles. The maximum Gasteiger partial charge on any atom is 0.324 e. The molecular formula is C20H26N2O5. The number of aliphatic carboxylic acids is 1. The number of carbonyl (C=O) groups excluding carboxylic acids is 2. The van der Waals surface area contributed by atoms with Crippen LogP contribution < -0.4 is 5.32 Å². The number of aliphatic hydroxyl groups is 1. The predicted molar refractivity (Wildman–Crippen MR) is 98.1 cm³/mol. The summed E-state index contributed by atoms with van der Waals surface area (Å²) in [6.07, 6.45) is 4.09. The number of hydrogen-bond acceptors (Lipinski definition) is 4. The second kappa shape index (κ2) is 8.52. The number of carbonyl (C=O) groups is 3. The van der Waals surface area contributed by atoms with Crippen LogP contribution in [0.1, 0.15) is 43.2 Å². The molecule has 0 bridgehead atoms. The summed E-state index contributed by atoms with van der Waals surface area (Å²) in [6.45, 7) is 0.346. The molecule has 3 N–H and O–H groups in total. The number of urea groups is 1. The fourth-order valence-corrected chi connectivity index (χ4v) is 3.72. The molecule has 1 aromatic rings. The van der Waals surface area contributed by atoms with Crippen LogP contribution in [0.25, 0.3) is 0 Å². The van der Waals surface area contributed by atoms with Gasteiger partial charge in [0.15, 0.2) is 0 Å². The summed E-state index contributed by atoms with van der Waals surface area (Å²) < 4.78 is 0. The van der Waals surface area contributed by atoms with Crippen LogP contribution in [0.2, 0.25) is 0 Å². The van der Waals surface area contributed by atoms with Gasteiger partial charge in [0.25, 0.3) is 5.91 Å². The van der Waals surface area contributed by atoms with E-state index in [2.05, 4.69) is 5.32 Å². The molecule has 0 aromatic heterocycles. The number of hydrogen-bond donors (Lipinski definition) is 3. The Bertz CT molecular complexity index is 716. The molecule has 2 aliphatic rings. The number of aliphatic hydroxyl groups excluding tert-OH is 1. The monoisotopic (exact) mass is 374 g/mol. The molecule has 7 heteroatoms. The third kappa shape index (κ3) is 4.86. The van der Waals surface area contributed by atoms with Crippen molar-refractivity contribution < 1.29 is 24.6 Å². The normalized spacial score (nSPS) is 21.1. The fraction of sp³-hybridized carbons (Fsp3) is 0.550. The van der Waals surface area contributed by atoms with Crippen molar-refractivity contribution in [3.8, 4) is 0 Å². The molecule has 1 saturated heterocycles. The minimum absolute atomic E-state index is 0.0526. The summed E-state index contributed by atoms with van der Waals surface area (Å²) in [5, 5.41) is 21.4. The van der Waals surface area contributed by atoms with E-state index in [0.717, 1.165) is 30.4 Å². The lowest BCUT2D eigenvalue weighted by molar-refractivity contribution is -0.137. The number of carboxylic acid groups (broad SMARTS) is 1. The Balaban J connectivity index is 1.62. The van der Waals surface area contributed by atoms with Crippen molar-refractivity contribution >= 4 is 17.9 Å². The third-order valence-electron chi connectivity index (χ3n) is 5.58. The van der Waals surface area contributed by atoms with E-state index in [1.165, 1.54) is 4.90 Å². The zero-order valence-corrected chi connectivity index (χ0v) is 15.3. The van der Waals surface area contributed by atoms with E-state index in [0.29, 0.717) is 31.7 Å². The number of carboxylic acids is 1. The molecule has 146 valence electrons. The molecule has 3 rings (SSSR count). The fourth-order valence-electron chi connectivity index (χ4n) is 3.72. The van der Waals surface area contributed by atoms with Gasteiger partial charge in [-0.3, -0.25) is 14.9 Å². The summed E-state index contributed by atoms with van der Waals surface area (Å²) in [7, 11) is 0. The van der Waals surface area contributed by atoms with Crippen molar-refractivity contribution in [2.45, 2.75) is 57.1 Å². The number of amides is 3. The van der Waals surface area contributed by atoms with Crippen LogP contribution in [-0.2, 0) is 22.4 Å². The van der Waals surface area contributed by atoms with E-state index in [1.807, 2.05) is 24.3 Å². The third-order valence-corrected chi connectivity index (χ3v) is 5.58. The van der Waals surface area contributed by atoms with Crippen LogP contribution in [0, 0.1) is 5.92 Å². The summed E-state index contributed by atoms with van der Waals surface area (Å²) in [5.41, 5.74) is 1.78. The maximum absolute atomic E-state index is 12.2. The predicted octanol–water partition coefficient (Wildman–Crippen LogP) is 1.72. The van der Waals surface area contributed by atoms with Crippen LogP contribution in [-0.4, -0.2) is 51.7 Å². The quantitative estimate of drug-likeness (QED) is 0.571. The average molecular weight is 374 g/mol. The summed E-state index contributed by atoms with van der Waals surface area (Å²) in [5.74, 6) is -0.859. The second-order valence-electron chi connectivity index (χ2n) is 7.47. The lowest BCUT2D eigenvalue weighted by atomic mass is 9.80. The highest BCUT2D eigenvalue weighted by Crippen LogP contribution is 2.31. The van der Waals surface area contributed by atoms with Crippen molar-refractivity contribution in [1.29, 1.82) is 0 Å². The highest BCUT2D eigenvalue weighted by atomic mass is 16.4. The molecule has 2 unspecified atom stereocenters. The number of aryl methyl sites for hydroxylation is 1. The molecule has 2 fully saturated rings. The van der Waals surface area contributed by atoms with Crippen LogP contribution >= 0.6 is 0 Å². The Morgan fingerprint density at radius 2 is 2.00 bits per heavy atom. The van der Waals surface area contributed by atoms with Gasteiger partial charge >= 0.3 is 12.0 Å². The van der Waals surface area contributed by atoms with Gasteiger partial charge in [0, 0.05) is 19.4 Å². The summed E-state index contributed by atoms with van der Waals surface area (Å²) in [6, 6.07) is 6.46. The summed E-state index contributed by atoms with van der Waals surface area (Å²) >= 11 is 0. The van der Waals surface area contributed by atoms with Crippen LogP contribution in [0.5, 0.6) is 0 Å². The largest absolute Gasteiger partial charge is 0.481 e. The Kier molecular flexibility index (Phi) is 6.11. The molecule has 1 saturated carbocycles. The highest BCUT2D eigenvalue weighted by Gasteiger charge is 2.38. The minimum atomic E-state index is -0.850. The van der Waals surface area contributed by atoms with Crippen molar-refractivity contribution in [3.63, 3.8) is 0 Å². The Labute approximate surface area is 158 Å². The van der Waals surface area contributed by atoms with Crippen molar-refractivity contribution in [2.75, 3.05) is 6.54 Å². The molecule has 2 atom stereocenters. The van der Waals surface area contributed by atoms with Gasteiger partial charge in [0.2, 0.25) is 0 Å². The zero-order valence-electron chi connectivity index (χ0n) is 15.3. The van der Waals surface area contributed by atoms with E-state index < -0.39 is 24.1 Å². The summed E-state index contributed by atoms with van der Waals surface area (Å²) in [4.78, 5) is 36.6. The Hall–Kier alpha value is -2.41. The van der Waals surface area contributed by atoms with Gasteiger partial charge in [-0.05, 0) is 42.7 Å². The molecule has 0 radical (unpaired) electrons. The molecule has 27 heavy (non-hydrogen) atoms. The van der Waals surface area contributed by atoms with Gasteiger partial charge in [0.05, 0.1) is 6.10 Å².